The third-order valence-electron chi connectivity index (χ3n) is 3.44. The van der Waals surface area contributed by atoms with Gasteiger partial charge in [0.05, 0.1) is 6.42 Å². The molecule has 1 aromatic heterocycles. The molecule has 2 heterocycles. The summed E-state index contributed by atoms with van der Waals surface area (Å²) in [5.41, 5.74) is 6.95. The van der Waals surface area contributed by atoms with Gasteiger partial charge in [0.1, 0.15) is 0 Å². The molecule has 1 unspecified atom stereocenters. The number of nitrogens with one attached hydrogen (secondary N) is 1. The second-order valence-corrected chi connectivity index (χ2v) is 4.81. The molecule has 1 aliphatic heterocycles. The van der Waals surface area contributed by atoms with Crippen molar-refractivity contribution < 1.29 is 14.7 Å². The average molecular weight is 287 g/mol. The lowest BCUT2D eigenvalue weighted by atomic mass is 9.98. The third kappa shape index (κ3) is 2.31. The lowest BCUT2D eigenvalue weighted by Gasteiger charge is -2.15. The van der Waals surface area contributed by atoms with Gasteiger partial charge in [-0.1, -0.05) is 18.2 Å². The number of para-hydroxylation sites is 1. The zero-order chi connectivity index (χ0) is 15.0. The summed E-state index contributed by atoms with van der Waals surface area (Å²) < 4.78 is 0. The Bertz CT molecular complexity index is 711. The fraction of sp³-hybridized carbons (Fsp3) is 0.231. The number of carboxylic acid groups (broad SMARTS) is 1. The molecular formula is C13H13N5O3. The van der Waals surface area contributed by atoms with Crippen LogP contribution >= 0.6 is 0 Å². The Labute approximate surface area is 119 Å². The fourth-order valence-corrected chi connectivity index (χ4v) is 2.57. The summed E-state index contributed by atoms with van der Waals surface area (Å²) in [6.07, 6.45) is -0.0284. The Kier molecular flexibility index (Phi) is 3.05. The molecule has 4 N–H and O–H groups in total. The summed E-state index contributed by atoms with van der Waals surface area (Å²) in [6, 6.07) is 7.25. The second kappa shape index (κ2) is 4.89. The van der Waals surface area contributed by atoms with Gasteiger partial charge in [-0.25, -0.2) is 0 Å². The minimum atomic E-state index is -0.895. The maximum absolute atomic E-state index is 12.4. The number of hydrogen-bond donors (Lipinski definition) is 3. The van der Waals surface area contributed by atoms with Gasteiger partial charge in [-0.2, -0.15) is 4.98 Å². The first-order valence-corrected chi connectivity index (χ1v) is 6.36. The van der Waals surface area contributed by atoms with Crippen molar-refractivity contribution in [3.63, 3.8) is 0 Å². The first-order chi connectivity index (χ1) is 10.1. The maximum atomic E-state index is 12.4. The number of nitrogens with two attached hydrogens (primary N) is 1. The van der Waals surface area contributed by atoms with Gasteiger partial charge >= 0.3 is 5.97 Å². The minimum Gasteiger partial charge on any atom is -0.481 e. The molecule has 2 aromatic rings. The van der Waals surface area contributed by atoms with Crippen molar-refractivity contribution in [3.8, 4) is 0 Å². The second-order valence-electron chi connectivity index (χ2n) is 4.81. The lowest BCUT2D eigenvalue weighted by molar-refractivity contribution is -0.137. The van der Waals surface area contributed by atoms with Crippen LogP contribution in [0, 0.1) is 0 Å². The molecular weight excluding hydrogens is 274 g/mol. The highest BCUT2D eigenvalue weighted by molar-refractivity contribution is 6.05. The van der Waals surface area contributed by atoms with E-state index in [0.29, 0.717) is 12.2 Å². The summed E-state index contributed by atoms with van der Waals surface area (Å²) >= 11 is 0. The van der Waals surface area contributed by atoms with Gasteiger partial charge in [-0.3, -0.25) is 14.7 Å². The number of carbonyl (C=O) groups excluding carboxylic acids is 1. The first kappa shape index (κ1) is 13.1. The van der Waals surface area contributed by atoms with E-state index in [-0.39, 0.29) is 30.0 Å². The number of rotatable bonds is 3. The molecule has 8 heteroatoms. The Balaban J connectivity index is 1.94. The Hall–Kier alpha value is -2.90. The molecule has 1 atom stereocenters. The van der Waals surface area contributed by atoms with E-state index in [0.717, 1.165) is 5.56 Å². The van der Waals surface area contributed by atoms with Gasteiger partial charge in [-0.05, 0) is 11.6 Å². The summed E-state index contributed by atoms with van der Waals surface area (Å²) in [5.74, 6) is -1.47. The van der Waals surface area contributed by atoms with E-state index < -0.39 is 5.97 Å². The van der Waals surface area contributed by atoms with Crippen LogP contribution in [-0.4, -0.2) is 38.7 Å². The van der Waals surface area contributed by atoms with Crippen molar-refractivity contribution >= 4 is 23.5 Å². The molecule has 1 aliphatic rings. The lowest BCUT2D eigenvalue weighted by Crippen LogP contribution is -2.31. The SMILES string of the molecule is Nc1n[nH]c(C(=O)N2CC(CC(=O)O)c3ccccc32)n1. The quantitative estimate of drug-likeness (QED) is 0.759. The number of nitrogen functional groups attached to an aromatic ring is 1. The van der Waals surface area contributed by atoms with E-state index in [1.54, 1.807) is 12.1 Å². The summed E-state index contributed by atoms with van der Waals surface area (Å²) in [7, 11) is 0. The van der Waals surface area contributed by atoms with Gasteiger partial charge in [0.2, 0.25) is 11.8 Å². The zero-order valence-corrected chi connectivity index (χ0v) is 11.0. The number of aromatic nitrogens is 3. The summed E-state index contributed by atoms with van der Waals surface area (Å²) in [6.45, 7) is 0.297. The molecule has 0 bridgehead atoms. The largest absolute Gasteiger partial charge is 0.481 e. The summed E-state index contributed by atoms with van der Waals surface area (Å²) in [5, 5.41) is 15.1. The number of anilines is 2. The van der Waals surface area contributed by atoms with Gasteiger partial charge < -0.3 is 15.7 Å². The monoisotopic (exact) mass is 287 g/mol. The van der Waals surface area contributed by atoms with Gasteiger partial charge in [0.15, 0.2) is 0 Å². The van der Waals surface area contributed by atoms with Gasteiger partial charge in [-0.15, -0.1) is 5.10 Å². The van der Waals surface area contributed by atoms with Crippen LogP contribution in [0.5, 0.6) is 0 Å². The first-order valence-electron chi connectivity index (χ1n) is 6.36. The third-order valence-corrected chi connectivity index (χ3v) is 3.44. The average Bonchev–Trinajstić information content (AvgIpc) is 3.03. The predicted molar refractivity (Wildman–Crippen MR) is 73.9 cm³/mol. The summed E-state index contributed by atoms with van der Waals surface area (Å²) in [4.78, 5) is 28.7. The Morgan fingerprint density at radius 3 is 2.86 bits per heavy atom. The van der Waals surface area contributed by atoms with Crippen LogP contribution in [0.2, 0.25) is 0 Å². The Morgan fingerprint density at radius 2 is 2.19 bits per heavy atom. The molecule has 1 amide bonds. The number of hydrogen-bond acceptors (Lipinski definition) is 5. The smallest absolute Gasteiger partial charge is 0.304 e. The van der Waals surface area contributed by atoms with Crippen molar-refractivity contribution in [2.24, 2.45) is 0 Å². The number of benzene rings is 1. The van der Waals surface area contributed by atoms with Crippen molar-refractivity contribution in [1.82, 2.24) is 15.2 Å². The molecule has 21 heavy (non-hydrogen) atoms. The zero-order valence-electron chi connectivity index (χ0n) is 11.0. The van der Waals surface area contributed by atoms with Gasteiger partial charge in [0, 0.05) is 18.2 Å². The number of aliphatic carboxylic acids is 1. The van der Waals surface area contributed by atoms with Crippen LogP contribution in [0.3, 0.4) is 0 Å². The molecule has 3 rings (SSSR count). The van der Waals surface area contributed by atoms with Crippen LogP contribution in [0.1, 0.15) is 28.5 Å². The molecule has 8 nitrogen and oxygen atoms in total. The number of carboxylic acids is 1. The van der Waals surface area contributed by atoms with Crippen LogP contribution in [-0.2, 0) is 4.79 Å². The molecule has 0 saturated heterocycles. The molecule has 0 fully saturated rings. The molecule has 108 valence electrons. The predicted octanol–water partition coefficient (Wildman–Crippen LogP) is 0.606. The van der Waals surface area contributed by atoms with E-state index in [2.05, 4.69) is 15.2 Å². The van der Waals surface area contributed by atoms with E-state index in [9.17, 15) is 9.59 Å². The van der Waals surface area contributed by atoms with Crippen LogP contribution < -0.4 is 10.6 Å². The minimum absolute atomic E-state index is 0.00656. The highest BCUT2D eigenvalue weighted by Gasteiger charge is 2.34. The van der Waals surface area contributed by atoms with Crippen LogP contribution in [0.15, 0.2) is 24.3 Å². The van der Waals surface area contributed by atoms with E-state index in [1.807, 2.05) is 12.1 Å². The van der Waals surface area contributed by atoms with Crippen molar-refractivity contribution in [2.45, 2.75) is 12.3 Å². The maximum Gasteiger partial charge on any atom is 0.304 e. The molecule has 0 aliphatic carbocycles. The van der Waals surface area contributed by atoms with Crippen molar-refractivity contribution in [2.75, 3.05) is 17.2 Å². The number of fused-ring (bicyclic) bond motifs is 1. The van der Waals surface area contributed by atoms with Crippen molar-refractivity contribution in [3.05, 3.63) is 35.7 Å². The normalized spacial score (nSPS) is 16.8. The van der Waals surface area contributed by atoms with E-state index >= 15 is 0 Å². The topological polar surface area (TPSA) is 125 Å². The van der Waals surface area contributed by atoms with Crippen LogP contribution in [0.25, 0.3) is 0 Å². The highest BCUT2D eigenvalue weighted by atomic mass is 16.4. The molecule has 0 spiro atoms. The number of H-pyrrole nitrogens is 1. The number of amides is 1. The number of aromatic amines is 1. The van der Waals surface area contributed by atoms with Gasteiger partial charge in [0.25, 0.3) is 5.91 Å². The van der Waals surface area contributed by atoms with Crippen molar-refractivity contribution in [1.29, 1.82) is 0 Å². The Morgan fingerprint density at radius 1 is 1.43 bits per heavy atom. The highest BCUT2D eigenvalue weighted by Crippen LogP contribution is 2.38. The molecule has 0 saturated carbocycles. The fourth-order valence-electron chi connectivity index (χ4n) is 2.57. The van der Waals surface area contributed by atoms with Crippen LogP contribution in [0.4, 0.5) is 11.6 Å². The number of nitrogens with zero attached hydrogens (tertiary/aromatic N) is 3. The standard InChI is InChI=1S/C13H13N5O3/c14-13-15-11(16-17-13)12(21)18-6-7(5-10(19)20)8-3-1-2-4-9(8)18/h1-4,7H,5-6H2,(H,19,20)(H3,14,15,16,17). The molecule has 1 aromatic carbocycles. The molecule has 0 radical (unpaired) electrons. The number of carbonyl (C=O) groups is 2. The van der Waals surface area contributed by atoms with E-state index in [1.165, 1.54) is 4.90 Å². The van der Waals surface area contributed by atoms with E-state index in [4.69, 9.17) is 10.8 Å².